The number of pyridine rings is 1. The van der Waals surface area contributed by atoms with Crippen molar-refractivity contribution in [3.63, 3.8) is 0 Å². The Morgan fingerprint density at radius 2 is 1.88 bits per heavy atom. The first-order valence-corrected chi connectivity index (χ1v) is 17.2. The maximum atomic E-state index is 15.2. The summed E-state index contributed by atoms with van der Waals surface area (Å²) in [5.41, 5.74) is 1.35. The molecule has 252 valence electrons. The van der Waals surface area contributed by atoms with Crippen molar-refractivity contribution >= 4 is 45.3 Å². The van der Waals surface area contributed by atoms with Crippen molar-refractivity contribution in [3.8, 4) is 11.1 Å². The van der Waals surface area contributed by atoms with E-state index in [9.17, 15) is 27.2 Å². The normalized spacial score (nSPS) is 19.1. The molecule has 8 rings (SSSR count). The molecule has 4 heterocycles. The van der Waals surface area contributed by atoms with Crippen LogP contribution in [0.2, 0.25) is 0 Å². The van der Waals surface area contributed by atoms with E-state index in [1.807, 2.05) is 6.26 Å². The minimum Gasteiger partial charge on any atom is -0.348 e. The van der Waals surface area contributed by atoms with E-state index in [0.717, 1.165) is 17.7 Å². The van der Waals surface area contributed by atoms with Crippen molar-refractivity contribution in [2.45, 2.75) is 54.6 Å². The van der Waals surface area contributed by atoms with Crippen LogP contribution in [-0.2, 0) is 30.2 Å². The van der Waals surface area contributed by atoms with Crippen molar-refractivity contribution < 1.29 is 35.9 Å². The summed E-state index contributed by atoms with van der Waals surface area (Å²) < 4.78 is 89.0. The Bertz CT molecular complexity index is 2180. The summed E-state index contributed by atoms with van der Waals surface area (Å²) in [6, 6.07) is 8.83. The van der Waals surface area contributed by atoms with E-state index < -0.39 is 65.7 Å². The van der Waals surface area contributed by atoms with Gasteiger partial charge in [0.05, 0.1) is 16.4 Å². The number of amides is 2. The Morgan fingerprint density at radius 3 is 2.61 bits per heavy atom. The largest absolute Gasteiger partial charge is 0.348 e. The molecule has 2 aliphatic carbocycles. The summed E-state index contributed by atoms with van der Waals surface area (Å²) in [6.07, 6.45) is -1.39. The maximum absolute atomic E-state index is 15.2. The first-order valence-electron chi connectivity index (χ1n) is 15.2. The molecule has 16 heteroatoms. The van der Waals surface area contributed by atoms with Gasteiger partial charge in [0.1, 0.15) is 29.6 Å². The first kappa shape index (κ1) is 31.8. The van der Waals surface area contributed by atoms with Crippen LogP contribution in [0.3, 0.4) is 0 Å². The molecule has 0 spiro atoms. The molecule has 2 amide bonds. The van der Waals surface area contributed by atoms with Crippen LogP contribution in [0, 0.1) is 17.6 Å². The van der Waals surface area contributed by atoms with Gasteiger partial charge in [0.15, 0.2) is 9.99 Å². The van der Waals surface area contributed by atoms with E-state index in [1.165, 1.54) is 23.1 Å². The molecular formula is C33H24F6N6O2S2. The van der Waals surface area contributed by atoms with E-state index in [2.05, 4.69) is 20.7 Å². The highest BCUT2D eigenvalue weighted by molar-refractivity contribution is 8.00. The van der Waals surface area contributed by atoms with Gasteiger partial charge in [-0.05, 0) is 66.0 Å². The van der Waals surface area contributed by atoms with Gasteiger partial charge < -0.3 is 10.6 Å². The second kappa shape index (κ2) is 11.6. The van der Waals surface area contributed by atoms with Crippen molar-refractivity contribution in [3.05, 3.63) is 93.4 Å². The Labute approximate surface area is 282 Å². The Hall–Kier alpha value is -4.44. The summed E-state index contributed by atoms with van der Waals surface area (Å²) >= 11 is 2.77. The van der Waals surface area contributed by atoms with Crippen LogP contribution in [0.5, 0.6) is 0 Å². The van der Waals surface area contributed by atoms with Crippen LogP contribution in [0.1, 0.15) is 68.9 Å². The Morgan fingerprint density at radius 1 is 1.10 bits per heavy atom. The van der Waals surface area contributed by atoms with Crippen LogP contribution in [0.15, 0.2) is 46.8 Å². The number of hydrogen-bond donors (Lipinski definition) is 2. The van der Waals surface area contributed by atoms with E-state index in [1.54, 1.807) is 24.3 Å². The Kier molecular flexibility index (Phi) is 7.51. The minimum atomic E-state index is -3.43. The lowest BCUT2D eigenvalue weighted by Crippen LogP contribution is -2.35. The van der Waals surface area contributed by atoms with E-state index in [4.69, 9.17) is 4.98 Å². The van der Waals surface area contributed by atoms with Crippen molar-refractivity contribution in [2.75, 3.05) is 6.26 Å². The lowest BCUT2D eigenvalue weighted by atomic mass is 9.93. The number of halogens is 6. The zero-order valence-electron chi connectivity index (χ0n) is 25.4. The number of thioether (sulfide) groups is 1. The van der Waals surface area contributed by atoms with Gasteiger partial charge in [-0.25, -0.2) is 27.5 Å². The summed E-state index contributed by atoms with van der Waals surface area (Å²) in [5, 5.41) is 9.28. The number of carbonyl (C=O) groups is 2. The highest BCUT2D eigenvalue weighted by Crippen LogP contribution is 2.68. The second-order valence-corrected chi connectivity index (χ2v) is 14.3. The summed E-state index contributed by atoms with van der Waals surface area (Å²) in [4.78, 5) is 35.6. The molecule has 0 saturated heterocycles. The standard InChI is InChI=1S/C33H24F6N6O2S2/c1-48-32-43-30-23(49-32)10-18(14-2-3-15-11-40-31(47)19(15)7-14)26(42-30)22(6-13-4-16(34)8-17(35)5-13)41-24(46)12-45-28-25(27(44-45)29(36)37)20-9-21(20)33(28,38)39/h2-5,7-8,10,20-22,29H,6,9,11-12H2,1H3,(H,40,47)(H,41,46)/t20-,21+,22-/m0/s1. The minimum absolute atomic E-state index is 0.0695. The molecule has 1 aliphatic heterocycles. The van der Waals surface area contributed by atoms with Gasteiger partial charge in [-0.15, -0.1) is 11.3 Å². The predicted molar refractivity (Wildman–Crippen MR) is 169 cm³/mol. The average molecular weight is 715 g/mol. The van der Waals surface area contributed by atoms with Gasteiger partial charge in [0, 0.05) is 35.2 Å². The molecule has 2 aromatic carbocycles. The van der Waals surface area contributed by atoms with Crippen LogP contribution < -0.4 is 10.6 Å². The number of hydrogen-bond acceptors (Lipinski definition) is 7. The number of benzene rings is 2. The molecule has 3 aromatic heterocycles. The summed E-state index contributed by atoms with van der Waals surface area (Å²) in [7, 11) is 0. The third-order valence-corrected chi connectivity index (χ3v) is 11.1. The van der Waals surface area contributed by atoms with Crippen LogP contribution in [-0.4, -0.2) is 37.8 Å². The third-order valence-electron chi connectivity index (χ3n) is 9.16. The molecule has 1 fully saturated rings. The number of thiazole rings is 1. The molecule has 3 aliphatic rings. The van der Waals surface area contributed by atoms with Crippen molar-refractivity contribution in [1.29, 1.82) is 0 Å². The first-order chi connectivity index (χ1) is 23.4. The number of fused-ring (bicyclic) bond motifs is 5. The number of nitrogens with zero attached hydrogens (tertiary/aromatic N) is 4. The van der Waals surface area contributed by atoms with Crippen molar-refractivity contribution in [1.82, 2.24) is 30.4 Å². The smallest absolute Gasteiger partial charge is 0.293 e. The molecule has 3 atom stereocenters. The molecule has 5 aromatic rings. The highest BCUT2D eigenvalue weighted by atomic mass is 32.2. The van der Waals surface area contributed by atoms with Gasteiger partial charge in [-0.2, -0.15) is 13.9 Å². The highest BCUT2D eigenvalue weighted by Gasteiger charge is 2.67. The quantitative estimate of drug-likeness (QED) is 0.126. The van der Waals surface area contributed by atoms with E-state index in [0.29, 0.717) is 48.7 Å². The molecule has 1 saturated carbocycles. The van der Waals surface area contributed by atoms with Gasteiger partial charge in [0.2, 0.25) is 5.91 Å². The molecule has 2 N–H and O–H groups in total. The second-order valence-electron chi connectivity index (χ2n) is 12.3. The zero-order chi connectivity index (χ0) is 34.4. The fraction of sp³-hybridized carbons (Fsp3) is 0.303. The van der Waals surface area contributed by atoms with Gasteiger partial charge in [0.25, 0.3) is 18.3 Å². The number of rotatable bonds is 9. The number of alkyl halides is 4. The van der Waals surface area contributed by atoms with Gasteiger partial charge >= 0.3 is 0 Å². The Balaban J connectivity index is 1.23. The van der Waals surface area contributed by atoms with E-state index >= 15 is 8.78 Å². The lowest BCUT2D eigenvalue weighted by Gasteiger charge is -2.23. The molecule has 0 unspecified atom stereocenters. The SMILES string of the molecule is CSc1nc2nc([C@H](Cc3cc(F)cc(F)c3)NC(=O)Cn3nc(C(F)F)c4c3C(F)(F)[C@@H]3C[C@H]43)c(-c3ccc4c(c3)C(=O)NC4)cc2s1. The molecule has 0 bridgehead atoms. The van der Waals surface area contributed by atoms with Crippen molar-refractivity contribution in [2.24, 2.45) is 5.92 Å². The number of nitrogens with one attached hydrogen (secondary N) is 2. The van der Waals surface area contributed by atoms with Gasteiger partial charge in [-0.1, -0.05) is 23.9 Å². The third kappa shape index (κ3) is 5.44. The van der Waals surface area contributed by atoms with Crippen LogP contribution in [0.25, 0.3) is 21.5 Å². The van der Waals surface area contributed by atoms with Crippen LogP contribution >= 0.6 is 23.1 Å². The fourth-order valence-electron chi connectivity index (χ4n) is 6.96. The van der Waals surface area contributed by atoms with Gasteiger partial charge in [-0.3, -0.25) is 14.3 Å². The summed E-state index contributed by atoms with van der Waals surface area (Å²) in [6.45, 7) is -0.457. The molecule has 0 radical (unpaired) electrons. The maximum Gasteiger partial charge on any atom is 0.293 e. The van der Waals surface area contributed by atoms with Crippen LogP contribution in [0.4, 0.5) is 26.3 Å². The molecular weight excluding hydrogens is 691 g/mol. The zero-order valence-corrected chi connectivity index (χ0v) is 27.0. The number of carbonyl (C=O) groups excluding carboxylic acids is 2. The van der Waals surface area contributed by atoms with E-state index in [-0.39, 0.29) is 35.6 Å². The predicted octanol–water partition coefficient (Wildman–Crippen LogP) is 7.05. The molecule has 49 heavy (non-hydrogen) atoms. The monoisotopic (exact) mass is 714 g/mol. The topological polar surface area (TPSA) is 102 Å². The lowest BCUT2D eigenvalue weighted by molar-refractivity contribution is -0.123. The fourth-order valence-corrected chi connectivity index (χ4v) is 8.42. The summed E-state index contributed by atoms with van der Waals surface area (Å²) in [5.74, 6) is -8.13. The number of aromatic nitrogens is 4. The molecule has 8 nitrogen and oxygen atoms in total. The average Bonchev–Trinajstić information content (AvgIpc) is 3.29.